The highest BCUT2D eigenvalue weighted by Crippen LogP contribution is 2.27. The second-order valence-corrected chi connectivity index (χ2v) is 7.79. The first-order chi connectivity index (χ1) is 11.1. The predicted octanol–water partition coefficient (Wildman–Crippen LogP) is 3.14. The average molecular weight is 364 g/mol. The van der Waals surface area contributed by atoms with E-state index in [1.54, 1.807) is 5.32 Å². The molecule has 1 fully saturated rings. The van der Waals surface area contributed by atoms with Crippen LogP contribution in [0, 0.1) is 0 Å². The molecule has 0 aromatic heterocycles. The van der Waals surface area contributed by atoms with Crippen LogP contribution in [0.15, 0.2) is 29.2 Å². The lowest BCUT2D eigenvalue weighted by Crippen LogP contribution is -2.38. The van der Waals surface area contributed by atoms with E-state index in [4.69, 9.17) is 0 Å². The van der Waals surface area contributed by atoms with Crippen LogP contribution >= 0.6 is 0 Å². The number of carbonyl (C=O) groups excluding carboxylic acids is 1. The van der Waals surface area contributed by atoms with Gasteiger partial charge in [-0.3, -0.25) is 4.79 Å². The maximum Gasteiger partial charge on any atom is 0.471 e. The third-order valence-electron chi connectivity index (χ3n) is 4.14. The molecule has 0 spiro atoms. The third kappa shape index (κ3) is 4.27. The van der Waals surface area contributed by atoms with Crippen molar-refractivity contribution in [3.05, 3.63) is 24.3 Å². The molecule has 134 valence electrons. The number of nitrogens with zero attached hydrogens (tertiary/aromatic N) is 1. The summed E-state index contributed by atoms with van der Waals surface area (Å²) in [7, 11) is -2.20. The number of hydrogen-bond donors (Lipinski definition) is 1. The largest absolute Gasteiger partial charge is 0.471 e. The van der Waals surface area contributed by atoms with Gasteiger partial charge in [0.05, 0.1) is 4.90 Å². The van der Waals surface area contributed by atoms with Gasteiger partial charge in [0.1, 0.15) is 0 Å². The monoisotopic (exact) mass is 364 g/mol. The smallest absolute Gasteiger partial charge is 0.318 e. The van der Waals surface area contributed by atoms with Crippen LogP contribution in [0.2, 0.25) is 0 Å². The predicted molar refractivity (Wildman–Crippen MR) is 82.9 cm³/mol. The molecule has 1 aliphatic carbocycles. The summed E-state index contributed by atoms with van der Waals surface area (Å²) in [6, 6.07) is 4.62. The molecule has 0 unspecified atom stereocenters. The van der Waals surface area contributed by atoms with Gasteiger partial charge in [0.2, 0.25) is 10.0 Å². The quantitative estimate of drug-likeness (QED) is 0.893. The number of carbonyl (C=O) groups is 1. The Kier molecular flexibility index (Phi) is 5.54. The van der Waals surface area contributed by atoms with Crippen LogP contribution in [-0.2, 0) is 14.8 Å². The number of anilines is 1. The van der Waals surface area contributed by atoms with Crippen molar-refractivity contribution in [2.45, 2.75) is 49.2 Å². The van der Waals surface area contributed by atoms with Crippen molar-refractivity contribution in [1.29, 1.82) is 0 Å². The Morgan fingerprint density at radius 2 is 1.67 bits per heavy atom. The molecule has 0 atom stereocenters. The van der Waals surface area contributed by atoms with E-state index in [0.29, 0.717) is 0 Å². The summed E-state index contributed by atoms with van der Waals surface area (Å²) >= 11 is 0. The molecule has 5 nitrogen and oxygen atoms in total. The van der Waals surface area contributed by atoms with Crippen LogP contribution in [-0.4, -0.2) is 37.9 Å². The Labute approximate surface area is 138 Å². The molecule has 1 saturated carbocycles. The van der Waals surface area contributed by atoms with Gasteiger partial charge in [-0.15, -0.1) is 0 Å². The molecule has 0 saturated heterocycles. The van der Waals surface area contributed by atoms with Crippen LogP contribution in [0.5, 0.6) is 0 Å². The summed E-state index contributed by atoms with van der Waals surface area (Å²) in [4.78, 5) is 10.9. The standard InChI is InChI=1S/C15H19F3N2O3S/c1-20(12-5-3-2-4-6-12)24(22,23)13-9-7-11(8-10-13)19-14(21)15(16,17)18/h7-10,12H,2-6H2,1H3,(H,19,21). The first-order valence-electron chi connectivity index (χ1n) is 7.58. The van der Waals surface area contributed by atoms with E-state index in [9.17, 15) is 26.4 Å². The molecule has 24 heavy (non-hydrogen) atoms. The van der Waals surface area contributed by atoms with Gasteiger partial charge in [-0.2, -0.15) is 17.5 Å². The Hall–Kier alpha value is -1.61. The summed E-state index contributed by atoms with van der Waals surface area (Å²) in [6.45, 7) is 0. The fourth-order valence-electron chi connectivity index (χ4n) is 2.72. The molecular formula is C15H19F3N2O3S. The second-order valence-electron chi connectivity index (χ2n) is 5.79. The van der Waals surface area contributed by atoms with Gasteiger partial charge in [-0.1, -0.05) is 19.3 Å². The highest BCUT2D eigenvalue weighted by atomic mass is 32.2. The second kappa shape index (κ2) is 7.10. The van der Waals surface area contributed by atoms with Crippen LogP contribution in [0.4, 0.5) is 18.9 Å². The van der Waals surface area contributed by atoms with Crippen LogP contribution in [0.3, 0.4) is 0 Å². The Bertz CT molecular complexity index is 681. The molecule has 1 amide bonds. The topological polar surface area (TPSA) is 66.5 Å². The zero-order valence-electron chi connectivity index (χ0n) is 13.1. The van der Waals surface area contributed by atoms with Crippen molar-refractivity contribution in [3.8, 4) is 0 Å². The number of benzene rings is 1. The minimum atomic E-state index is -4.99. The molecule has 2 rings (SSSR count). The number of nitrogens with one attached hydrogen (secondary N) is 1. The molecule has 1 N–H and O–H groups in total. The van der Waals surface area contributed by atoms with E-state index < -0.39 is 22.1 Å². The van der Waals surface area contributed by atoms with Gasteiger partial charge in [-0.25, -0.2) is 8.42 Å². The zero-order chi connectivity index (χ0) is 18.0. The van der Waals surface area contributed by atoms with Crippen molar-refractivity contribution in [2.75, 3.05) is 12.4 Å². The fraction of sp³-hybridized carbons (Fsp3) is 0.533. The number of alkyl halides is 3. The number of halogens is 3. The number of amides is 1. The van der Waals surface area contributed by atoms with Gasteiger partial charge in [0.25, 0.3) is 0 Å². The van der Waals surface area contributed by atoms with E-state index in [1.165, 1.54) is 23.5 Å². The minimum absolute atomic E-state index is 0.0134. The highest BCUT2D eigenvalue weighted by molar-refractivity contribution is 7.89. The third-order valence-corrected chi connectivity index (χ3v) is 6.06. The molecule has 0 aliphatic heterocycles. The van der Waals surface area contributed by atoms with E-state index in [1.807, 2.05) is 0 Å². The maximum atomic E-state index is 12.6. The molecule has 1 aromatic rings. The summed E-state index contributed by atoms with van der Waals surface area (Å²) in [5.74, 6) is -2.10. The van der Waals surface area contributed by atoms with E-state index in [2.05, 4.69) is 0 Å². The van der Waals surface area contributed by atoms with Crippen molar-refractivity contribution >= 4 is 21.6 Å². The first kappa shape index (κ1) is 18.7. The summed E-state index contributed by atoms with van der Waals surface area (Å²) in [6.07, 6.45) is -0.339. The molecule has 1 aromatic carbocycles. The molecule has 1 aliphatic rings. The maximum absolute atomic E-state index is 12.6. The van der Waals surface area contributed by atoms with Gasteiger partial charge < -0.3 is 5.32 Å². The molecular weight excluding hydrogens is 345 g/mol. The van der Waals surface area contributed by atoms with Crippen molar-refractivity contribution in [3.63, 3.8) is 0 Å². The van der Waals surface area contributed by atoms with Gasteiger partial charge in [-0.05, 0) is 37.1 Å². The summed E-state index contributed by atoms with van der Waals surface area (Å²) in [5, 5.41) is 1.68. The Balaban J connectivity index is 2.12. The summed E-state index contributed by atoms with van der Waals surface area (Å²) < 4.78 is 63.1. The van der Waals surface area contributed by atoms with E-state index in [-0.39, 0.29) is 16.6 Å². The molecule has 9 heteroatoms. The highest BCUT2D eigenvalue weighted by Gasteiger charge is 2.38. The Morgan fingerprint density at radius 3 is 2.17 bits per heavy atom. The Morgan fingerprint density at radius 1 is 1.12 bits per heavy atom. The zero-order valence-corrected chi connectivity index (χ0v) is 14.0. The summed E-state index contributed by atoms with van der Waals surface area (Å²) in [5.41, 5.74) is -0.114. The molecule has 0 radical (unpaired) electrons. The van der Waals surface area contributed by atoms with Gasteiger partial charge >= 0.3 is 12.1 Å². The molecule has 0 heterocycles. The van der Waals surface area contributed by atoms with Gasteiger partial charge in [0, 0.05) is 18.8 Å². The van der Waals surface area contributed by atoms with Crippen molar-refractivity contribution in [1.82, 2.24) is 4.31 Å². The normalized spacial score (nSPS) is 17.0. The lowest BCUT2D eigenvalue weighted by atomic mass is 9.96. The van der Waals surface area contributed by atoms with E-state index >= 15 is 0 Å². The van der Waals surface area contributed by atoms with Crippen molar-refractivity contribution < 1.29 is 26.4 Å². The van der Waals surface area contributed by atoms with Crippen LogP contribution in [0.25, 0.3) is 0 Å². The number of sulfonamides is 1. The average Bonchev–Trinajstić information content (AvgIpc) is 2.54. The number of rotatable bonds is 4. The van der Waals surface area contributed by atoms with Crippen LogP contribution < -0.4 is 5.32 Å². The number of hydrogen-bond acceptors (Lipinski definition) is 3. The van der Waals surface area contributed by atoms with Crippen LogP contribution in [0.1, 0.15) is 32.1 Å². The van der Waals surface area contributed by atoms with Gasteiger partial charge in [0.15, 0.2) is 0 Å². The lowest BCUT2D eigenvalue weighted by molar-refractivity contribution is -0.167. The fourth-order valence-corrected chi connectivity index (χ4v) is 4.14. The van der Waals surface area contributed by atoms with Crippen molar-refractivity contribution in [2.24, 2.45) is 0 Å². The van der Waals surface area contributed by atoms with E-state index in [0.717, 1.165) is 44.2 Å². The first-order valence-corrected chi connectivity index (χ1v) is 9.02. The lowest BCUT2D eigenvalue weighted by Gasteiger charge is -2.30. The minimum Gasteiger partial charge on any atom is -0.318 e. The SMILES string of the molecule is CN(C1CCCCC1)S(=O)(=O)c1ccc(NC(=O)C(F)(F)F)cc1. The molecule has 0 bridgehead atoms.